The lowest BCUT2D eigenvalue weighted by atomic mass is 10.1. The Hall–Kier alpha value is -1.55. The number of nitrogens with one attached hydrogen (secondary N) is 1. The Morgan fingerprint density at radius 3 is 2.74 bits per heavy atom. The summed E-state index contributed by atoms with van der Waals surface area (Å²) in [5.41, 5.74) is 7.41. The van der Waals surface area contributed by atoms with E-state index >= 15 is 0 Å². The van der Waals surface area contributed by atoms with Crippen LogP contribution in [0.4, 0.5) is 0 Å². The predicted octanol–water partition coefficient (Wildman–Crippen LogP) is 2.21. The van der Waals surface area contributed by atoms with E-state index in [0.717, 1.165) is 19.0 Å². The van der Waals surface area contributed by atoms with Crippen LogP contribution in [-0.4, -0.2) is 30.9 Å². The van der Waals surface area contributed by atoms with Gasteiger partial charge in [0, 0.05) is 13.1 Å². The molecule has 1 fully saturated rings. The smallest absolute Gasteiger partial charge is 0.130 e. The van der Waals surface area contributed by atoms with Crippen LogP contribution in [0.25, 0.3) is 0 Å². The zero-order chi connectivity index (χ0) is 13.8. The zero-order valence-electron chi connectivity index (χ0n) is 11.8. The molecule has 2 rings (SSSR count). The third kappa shape index (κ3) is 3.70. The molecule has 0 unspecified atom stereocenters. The van der Waals surface area contributed by atoms with Crippen molar-refractivity contribution < 1.29 is 4.74 Å². The number of nitrogen functional groups attached to an aromatic ring is 1. The third-order valence-corrected chi connectivity index (χ3v) is 3.62. The first-order valence-corrected chi connectivity index (χ1v) is 6.87. The van der Waals surface area contributed by atoms with Gasteiger partial charge in [-0.3, -0.25) is 10.3 Å². The molecule has 19 heavy (non-hydrogen) atoms. The molecule has 4 heteroatoms. The number of nitrogens with two attached hydrogens (primary N) is 1. The van der Waals surface area contributed by atoms with E-state index in [4.69, 9.17) is 15.9 Å². The second kappa shape index (κ2) is 6.06. The number of benzene rings is 1. The Labute approximate surface area is 115 Å². The van der Waals surface area contributed by atoms with Gasteiger partial charge in [0.25, 0.3) is 0 Å². The van der Waals surface area contributed by atoms with Crippen LogP contribution < -0.4 is 10.5 Å². The topological polar surface area (TPSA) is 62.3 Å². The van der Waals surface area contributed by atoms with Gasteiger partial charge in [0.05, 0.1) is 12.7 Å². The average Bonchev–Trinajstić information content (AvgIpc) is 3.21. The summed E-state index contributed by atoms with van der Waals surface area (Å²) < 4.78 is 5.32. The van der Waals surface area contributed by atoms with Crippen molar-refractivity contribution in [3.63, 3.8) is 0 Å². The molecule has 1 aromatic rings. The molecule has 3 N–H and O–H groups in total. The summed E-state index contributed by atoms with van der Waals surface area (Å²) in [7, 11) is 1.62. The Morgan fingerprint density at radius 1 is 1.47 bits per heavy atom. The SMILES string of the molecule is CCN(Cc1ccc(C(=N)N)c(OC)c1)CC1CC1. The molecule has 0 saturated heterocycles. The number of nitrogens with zero attached hydrogens (tertiary/aromatic N) is 1. The molecule has 1 saturated carbocycles. The van der Waals surface area contributed by atoms with Crippen molar-refractivity contribution in [3.05, 3.63) is 29.3 Å². The summed E-state index contributed by atoms with van der Waals surface area (Å²) in [6, 6.07) is 5.91. The highest BCUT2D eigenvalue weighted by atomic mass is 16.5. The van der Waals surface area contributed by atoms with Crippen LogP contribution >= 0.6 is 0 Å². The summed E-state index contributed by atoms with van der Waals surface area (Å²) in [4.78, 5) is 2.46. The number of methoxy groups -OCH3 is 1. The molecule has 0 atom stereocenters. The lowest BCUT2D eigenvalue weighted by molar-refractivity contribution is 0.268. The molecule has 0 bridgehead atoms. The summed E-state index contributed by atoms with van der Waals surface area (Å²) in [5, 5.41) is 7.52. The van der Waals surface area contributed by atoms with Crippen LogP contribution in [0.2, 0.25) is 0 Å². The minimum Gasteiger partial charge on any atom is -0.496 e. The van der Waals surface area contributed by atoms with Crippen LogP contribution in [0, 0.1) is 11.3 Å². The van der Waals surface area contributed by atoms with E-state index < -0.39 is 0 Å². The minimum atomic E-state index is 0.0497. The normalized spacial score (nSPS) is 14.7. The number of hydrogen-bond acceptors (Lipinski definition) is 3. The van der Waals surface area contributed by atoms with E-state index in [9.17, 15) is 0 Å². The maximum absolute atomic E-state index is 7.52. The van der Waals surface area contributed by atoms with E-state index in [1.165, 1.54) is 24.9 Å². The van der Waals surface area contributed by atoms with Gasteiger partial charge in [-0.2, -0.15) is 0 Å². The predicted molar refractivity (Wildman–Crippen MR) is 77.7 cm³/mol. The quantitative estimate of drug-likeness (QED) is 0.584. The van der Waals surface area contributed by atoms with Gasteiger partial charge in [-0.25, -0.2) is 0 Å². The molecule has 0 aromatic heterocycles. The third-order valence-electron chi connectivity index (χ3n) is 3.62. The molecule has 1 aromatic carbocycles. The van der Waals surface area contributed by atoms with E-state index in [0.29, 0.717) is 11.3 Å². The first-order valence-electron chi connectivity index (χ1n) is 6.87. The lowest BCUT2D eigenvalue weighted by Crippen LogP contribution is -2.25. The van der Waals surface area contributed by atoms with Crippen molar-refractivity contribution in [2.24, 2.45) is 11.7 Å². The molecular formula is C15H23N3O. The van der Waals surface area contributed by atoms with Crippen molar-refractivity contribution >= 4 is 5.84 Å². The van der Waals surface area contributed by atoms with Crippen molar-refractivity contribution in [3.8, 4) is 5.75 Å². The van der Waals surface area contributed by atoms with Crippen molar-refractivity contribution in [2.45, 2.75) is 26.3 Å². The highest BCUT2D eigenvalue weighted by Gasteiger charge is 2.23. The highest BCUT2D eigenvalue weighted by molar-refractivity contribution is 5.97. The first kappa shape index (κ1) is 13.9. The molecule has 1 aliphatic carbocycles. The maximum atomic E-state index is 7.52. The summed E-state index contributed by atoms with van der Waals surface area (Å²) in [5.74, 6) is 1.64. The Kier molecular flexibility index (Phi) is 4.43. The van der Waals surface area contributed by atoms with Crippen molar-refractivity contribution in [1.29, 1.82) is 5.41 Å². The van der Waals surface area contributed by atoms with Gasteiger partial charge in [-0.15, -0.1) is 0 Å². The van der Waals surface area contributed by atoms with Gasteiger partial charge in [0.15, 0.2) is 0 Å². The second-order valence-electron chi connectivity index (χ2n) is 5.22. The summed E-state index contributed by atoms with van der Waals surface area (Å²) >= 11 is 0. The van der Waals surface area contributed by atoms with Crippen molar-refractivity contribution in [2.75, 3.05) is 20.2 Å². The molecule has 1 aliphatic rings. The van der Waals surface area contributed by atoms with Gasteiger partial charge in [-0.1, -0.05) is 13.0 Å². The number of rotatable bonds is 7. The summed E-state index contributed by atoms with van der Waals surface area (Å²) in [6.07, 6.45) is 2.76. The van der Waals surface area contributed by atoms with Crippen LogP contribution in [0.1, 0.15) is 30.9 Å². The molecule has 0 amide bonds. The van der Waals surface area contributed by atoms with Crippen LogP contribution in [0.5, 0.6) is 5.75 Å². The van der Waals surface area contributed by atoms with E-state index in [2.05, 4.69) is 11.8 Å². The van der Waals surface area contributed by atoms with Gasteiger partial charge in [0.1, 0.15) is 11.6 Å². The largest absolute Gasteiger partial charge is 0.496 e. The average molecular weight is 261 g/mol. The highest BCUT2D eigenvalue weighted by Crippen LogP contribution is 2.30. The number of amidine groups is 1. The fourth-order valence-electron chi connectivity index (χ4n) is 2.29. The molecule has 0 aliphatic heterocycles. The van der Waals surface area contributed by atoms with Gasteiger partial charge in [-0.05, 0) is 43.0 Å². The van der Waals surface area contributed by atoms with E-state index in [1.807, 2.05) is 18.2 Å². The van der Waals surface area contributed by atoms with Crippen LogP contribution in [0.15, 0.2) is 18.2 Å². The zero-order valence-corrected chi connectivity index (χ0v) is 11.8. The monoisotopic (exact) mass is 261 g/mol. The number of hydrogen-bond donors (Lipinski definition) is 2. The van der Waals surface area contributed by atoms with Crippen LogP contribution in [-0.2, 0) is 6.54 Å². The lowest BCUT2D eigenvalue weighted by Gasteiger charge is -2.21. The fraction of sp³-hybridized carbons (Fsp3) is 0.533. The van der Waals surface area contributed by atoms with Crippen LogP contribution in [0.3, 0.4) is 0 Å². The van der Waals surface area contributed by atoms with E-state index in [1.54, 1.807) is 7.11 Å². The van der Waals surface area contributed by atoms with Gasteiger partial charge < -0.3 is 10.5 Å². The first-order chi connectivity index (χ1) is 9.13. The minimum absolute atomic E-state index is 0.0497. The van der Waals surface area contributed by atoms with E-state index in [-0.39, 0.29) is 5.84 Å². The standard InChI is InChI=1S/C15H23N3O/c1-3-18(9-11-4-5-11)10-12-6-7-13(15(16)17)14(8-12)19-2/h6-8,11H,3-5,9-10H2,1-2H3,(H3,16,17). The van der Waals surface area contributed by atoms with Gasteiger partial charge in [0.2, 0.25) is 0 Å². The molecule has 0 heterocycles. The maximum Gasteiger partial charge on any atom is 0.130 e. The van der Waals surface area contributed by atoms with Crippen molar-refractivity contribution in [1.82, 2.24) is 4.90 Å². The second-order valence-corrected chi connectivity index (χ2v) is 5.22. The molecule has 0 spiro atoms. The fourth-order valence-corrected chi connectivity index (χ4v) is 2.29. The summed E-state index contributed by atoms with van der Waals surface area (Å²) in [6.45, 7) is 5.38. The Bertz CT molecular complexity index is 455. The molecule has 0 radical (unpaired) electrons. The Morgan fingerprint density at radius 2 is 2.21 bits per heavy atom. The van der Waals surface area contributed by atoms with Gasteiger partial charge >= 0.3 is 0 Å². The molecule has 4 nitrogen and oxygen atoms in total. The molecular weight excluding hydrogens is 238 g/mol. The Balaban J connectivity index is 2.08. The number of ether oxygens (including phenoxy) is 1. The molecule has 104 valence electrons.